The van der Waals surface area contributed by atoms with E-state index >= 15 is 0 Å². The smallest absolute Gasteiger partial charge is 0.409 e. The molecular weight excluding hydrogens is 620 g/mol. The van der Waals surface area contributed by atoms with Gasteiger partial charge in [0, 0.05) is 61.4 Å². The van der Waals surface area contributed by atoms with Gasteiger partial charge in [-0.3, -0.25) is 19.7 Å². The van der Waals surface area contributed by atoms with E-state index in [4.69, 9.17) is 29.9 Å². The van der Waals surface area contributed by atoms with E-state index in [-0.39, 0.29) is 36.0 Å². The van der Waals surface area contributed by atoms with E-state index in [2.05, 4.69) is 11.1 Å². The van der Waals surface area contributed by atoms with Crippen LogP contribution in [-0.4, -0.2) is 85.7 Å². The van der Waals surface area contributed by atoms with Crippen LogP contribution in [-0.2, 0) is 14.3 Å². The van der Waals surface area contributed by atoms with Crippen molar-refractivity contribution in [3.63, 3.8) is 0 Å². The van der Waals surface area contributed by atoms with E-state index in [1.165, 1.54) is 0 Å². The number of rotatable bonds is 12. The number of aromatic nitrogens is 2. The predicted octanol–water partition coefficient (Wildman–Crippen LogP) is 6.15. The number of allylic oxidation sites excluding steroid dienone is 1. The Morgan fingerprint density at radius 2 is 1.76 bits per heavy atom. The van der Waals surface area contributed by atoms with Crippen LogP contribution in [0.15, 0.2) is 41.7 Å². The highest BCUT2D eigenvalue weighted by molar-refractivity contribution is 6.10. The number of hydrogen-bond acceptors (Lipinski definition) is 9. The van der Waals surface area contributed by atoms with Crippen LogP contribution in [0.1, 0.15) is 88.1 Å². The Bertz CT molecular complexity index is 1470. The highest BCUT2D eigenvalue weighted by Crippen LogP contribution is 2.38. The number of nitrogens with two attached hydrogens (primary N) is 1. The van der Waals surface area contributed by atoms with Crippen LogP contribution in [0, 0.1) is 24.7 Å². The molecule has 0 bridgehead atoms. The van der Waals surface area contributed by atoms with Crippen LogP contribution in [0.2, 0.25) is 0 Å². The SMILES string of the molecule is COc1ccc(C2CCC(CN(C(=O)C3CCC(COC(=O)N4CC(OC)C4)CC3)c3cc(/C(C=NC(C)C)=C/N)ccn3)CC2)nc1C. The Morgan fingerprint density at radius 1 is 1.04 bits per heavy atom. The second kappa shape index (κ2) is 17.1. The quantitative estimate of drug-likeness (QED) is 0.265. The number of ether oxygens (including phenoxy) is 3. The van der Waals surface area contributed by atoms with Crippen LogP contribution in [0.3, 0.4) is 0 Å². The summed E-state index contributed by atoms with van der Waals surface area (Å²) in [6, 6.07) is 8.12. The van der Waals surface area contributed by atoms with Crippen molar-refractivity contribution in [3.05, 3.63) is 53.6 Å². The van der Waals surface area contributed by atoms with Gasteiger partial charge >= 0.3 is 6.09 Å². The molecule has 2 amide bonds. The van der Waals surface area contributed by atoms with Crippen LogP contribution in [0.5, 0.6) is 5.75 Å². The lowest BCUT2D eigenvalue weighted by Gasteiger charge is -2.38. The van der Waals surface area contributed by atoms with Crippen molar-refractivity contribution in [1.82, 2.24) is 14.9 Å². The summed E-state index contributed by atoms with van der Waals surface area (Å²) in [5, 5.41) is 0. The predicted molar refractivity (Wildman–Crippen MR) is 192 cm³/mol. The van der Waals surface area contributed by atoms with Crippen molar-refractivity contribution in [3.8, 4) is 5.75 Å². The van der Waals surface area contributed by atoms with Crippen molar-refractivity contribution in [2.45, 2.75) is 90.2 Å². The Kier molecular flexibility index (Phi) is 12.7. The van der Waals surface area contributed by atoms with E-state index in [1.807, 2.05) is 43.9 Å². The number of amides is 2. The molecule has 3 fully saturated rings. The van der Waals surface area contributed by atoms with Crippen molar-refractivity contribution >= 4 is 29.6 Å². The maximum Gasteiger partial charge on any atom is 0.409 e. The second-order valence-corrected chi connectivity index (χ2v) is 14.1. The van der Waals surface area contributed by atoms with Crippen molar-refractivity contribution < 1.29 is 23.8 Å². The standard InChI is InChI=1S/C38H54N6O5/c1-25(2)41-20-32(19-39)31-16-17-40-36(18-31)44(21-27-6-10-29(11-7-27)34-14-15-35(48-5)26(3)42-34)37(45)30-12-8-28(9-13-30)24-49-38(46)43-22-33(23-43)47-4/h14-20,25,27-30,33H,6-13,21-24,39H2,1-5H3/b32-19+,41-20?. The number of carbonyl (C=O) groups is 2. The zero-order valence-electron chi connectivity index (χ0n) is 29.8. The lowest BCUT2D eigenvalue weighted by Crippen LogP contribution is -2.54. The van der Waals surface area contributed by atoms with Crippen molar-refractivity contribution in [2.24, 2.45) is 28.5 Å². The summed E-state index contributed by atoms with van der Waals surface area (Å²) in [6.07, 6.45) is 12.2. The first-order valence-corrected chi connectivity index (χ1v) is 17.9. The fourth-order valence-corrected chi connectivity index (χ4v) is 7.21. The largest absolute Gasteiger partial charge is 0.495 e. The van der Waals surface area contributed by atoms with Crippen molar-refractivity contribution in [2.75, 3.05) is 45.4 Å². The lowest BCUT2D eigenvalue weighted by molar-refractivity contribution is -0.124. The van der Waals surface area contributed by atoms with Crippen LogP contribution >= 0.6 is 0 Å². The molecule has 2 aliphatic carbocycles. The highest BCUT2D eigenvalue weighted by Gasteiger charge is 2.35. The molecular formula is C38H54N6O5. The third-order valence-electron chi connectivity index (χ3n) is 10.4. The second-order valence-electron chi connectivity index (χ2n) is 14.1. The number of pyridine rings is 2. The van der Waals surface area contributed by atoms with Crippen LogP contribution < -0.4 is 15.4 Å². The van der Waals surface area contributed by atoms with Gasteiger partial charge in [0.15, 0.2) is 0 Å². The monoisotopic (exact) mass is 674 g/mol. The average Bonchev–Trinajstić information content (AvgIpc) is 3.09. The van der Waals surface area contributed by atoms with E-state index in [9.17, 15) is 9.59 Å². The minimum Gasteiger partial charge on any atom is -0.495 e. The molecule has 5 rings (SSSR count). The Hall–Kier alpha value is -3.99. The maximum absolute atomic E-state index is 14.4. The normalized spacial score (nSPS) is 23.4. The molecule has 2 aromatic rings. The Balaban J connectivity index is 1.25. The molecule has 0 unspecified atom stereocenters. The molecule has 266 valence electrons. The summed E-state index contributed by atoms with van der Waals surface area (Å²) >= 11 is 0. The Labute approximate surface area is 291 Å². The van der Waals surface area contributed by atoms with Crippen LogP contribution in [0.25, 0.3) is 5.57 Å². The molecule has 0 radical (unpaired) electrons. The third kappa shape index (κ3) is 9.38. The molecule has 3 aliphatic rings. The molecule has 11 nitrogen and oxygen atoms in total. The molecule has 11 heteroatoms. The third-order valence-corrected chi connectivity index (χ3v) is 10.4. The van der Waals surface area contributed by atoms with Gasteiger partial charge in [0.2, 0.25) is 5.91 Å². The summed E-state index contributed by atoms with van der Waals surface area (Å²) in [5.41, 5.74) is 9.72. The molecule has 1 saturated heterocycles. The fraction of sp³-hybridized carbons (Fsp3) is 0.605. The molecule has 0 atom stereocenters. The number of carbonyl (C=O) groups excluding carboxylic acids is 2. The lowest BCUT2D eigenvalue weighted by atomic mass is 9.79. The number of aryl methyl sites for hydroxylation is 1. The number of likely N-dealkylation sites (tertiary alicyclic amines) is 1. The minimum atomic E-state index is -0.277. The molecule has 2 saturated carbocycles. The first-order valence-electron chi connectivity index (χ1n) is 17.9. The average molecular weight is 675 g/mol. The summed E-state index contributed by atoms with van der Waals surface area (Å²) in [7, 11) is 3.33. The highest BCUT2D eigenvalue weighted by atomic mass is 16.6. The van der Waals surface area contributed by atoms with Gasteiger partial charge in [-0.2, -0.15) is 0 Å². The number of anilines is 1. The number of nitrogens with zero attached hydrogens (tertiary/aromatic N) is 5. The maximum atomic E-state index is 14.4. The van der Waals surface area contributed by atoms with E-state index < -0.39 is 0 Å². The molecule has 1 aliphatic heterocycles. The zero-order valence-corrected chi connectivity index (χ0v) is 29.8. The summed E-state index contributed by atoms with van der Waals surface area (Å²) in [6.45, 7) is 8.19. The number of aliphatic imine (C=N–C) groups is 1. The topological polar surface area (TPSA) is 132 Å². The fourth-order valence-electron chi connectivity index (χ4n) is 7.21. The molecule has 3 heterocycles. The van der Waals surface area contributed by atoms with E-state index in [1.54, 1.807) is 37.7 Å². The van der Waals surface area contributed by atoms with Crippen molar-refractivity contribution in [1.29, 1.82) is 0 Å². The van der Waals surface area contributed by atoms with Gasteiger partial charge in [-0.25, -0.2) is 9.78 Å². The minimum absolute atomic E-state index is 0.100. The first-order chi connectivity index (χ1) is 23.7. The first kappa shape index (κ1) is 36.3. The molecule has 2 N–H and O–H groups in total. The van der Waals surface area contributed by atoms with Gasteiger partial charge < -0.3 is 24.8 Å². The summed E-state index contributed by atoms with van der Waals surface area (Å²) < 4.78 is 16.3. The Morgan fingerprint density at radius 3 is 2.39 bits per heavy atom. The molecule has 49 heavy (non-hydrogen) atoms. The summed E-state index contributed by atoms with van der Waals surface area (Å²) in [5.74, 6) is 2.48. The van der Waals surface area contributed by atoms with E-state index in [0.717, 1.165) is 79.6 Å². The van der Waals surface area contributed by atoms with Gasteiger partial charge in [0.1, 0.15) is 11.6 Å². The number of methoxy groups -OCH3 is 2. The van der Waals surface area contributed by atoms with Gasteiger partial charge in [0.25, 0.3) is 0 Å². The van der Waals surface area contributed by atoms with Gasteiger partial charge in [0.05, 0.1) is 38.6 Å². The van der Waals surface area contributed by atoms with Gasteiger partial charge in [-0.1, -0.05) is 0 Å². The van der Waals surface area contributed by atoms with Gasteiger partial charge in [-0.15, -0.1) is 0 Å². The van der Waals surface area contributed by atoms with Crippen LogP contribution in [0.4, 0.5) is 10.6 Å². The molecule has 0 aromatic carbocycles. The van der Waals surface area contributed by atoms with E-state index in [0.29, 0.717) is 43.9 Å². The number of hydrogen-bond donors (Lipinski definition) is 1. The zero-order chi connectivity index (χ0) is 34.9. The molecule has 2 aromatic heterocycles. The summed E-state index contributed by atoms with van der Waals surface area (Å²) in [4.78, 5) is 44.5. The molecule has 0 spiro atoms. The van der Waals surface area contributed by atoms with Gasteiger partial charge in [-0.05, 0) is 114 Å².